The van der Waals surface area contributed by atoms with Gasteiger partial charge in [-0.3, -0.25) is 4.79 Å². The molecule has 0 spiro atoms. The Morgan fingerprint density at radius 3 is 2.55 bits per heavy atom. The second-order valence-electron chi connectivity index (χ2n) is 8.34. The molecule has 2 amide bonds. The maximum atomic E-state index is 12.9. The number of amides is 2. The molecule has 1 atom stereocenters. The molecule has 1 aromatic heterocycles. The number of hydrogen-bond donors (Lipinski definition) is 1. The Balaban J connectivity index is 1.74. The van der Waals surface area contributed by atoms with Gasteiger partial charge in [0.25, 0.3) is 0 Å². The number of thiophene rings is 1. The first-order valence-corrected chi connectivity index (χ1v) is 11.1. The Kier molecular flexibility index (Phi) is 7.00. The van der Waals surface area contributed by atoms with Crippen molar-refractivity contribution < 1.29 is 23.9 Å². The molecule has 1 N–H and O–H groups in total. The number of esters is 1. The number of carbonyl (C=O) groups is 3. The van der Waals surface area contributed by atoms with Crippen LogP contribution in [-0.2, 0) is 14.3 Å². The summed E-state index contributed by atoms with van der Waals surface area (Å²) in [4.78, 5) is 40.0. The monoisotopic (exact) mass is 444 g/mol. The summed E-state index contributed by atoms with van der Waals surface area (Å²) in [6.07, 6.45) is 0.119. The Morgan fingerprint density at radius 2 is 1.90 bits per heavy atom. The molecule has 0 saturated carbocycles. The Morgan fingerprint density at radius 1 is 1.19 bits per heavy atom. The number of nitrogens with one attached hydrogen (secondary N) is 1. The van der Waals surface area contributed by atoms with Gasteiger partial charge in [-0.1, -0.05) is 30.3 Å². The van der Waals surface area contributed by atoms with Crippen LogP contribution in [0.1, 0.15) is 44.5 Å². The van der Waals surface area contributed by atoms with E-state index in [1.807, 2.05) is 51.1 Å². The maximum absolute atomic E-state index is 12.9. The molecular formula is C23H28N2O5S. The largest absolute Gasteiger partial charge is 0.462 e. The van der Waals surface area contributed by atoms with Gasteiger partial charge in [0, 0.05) is 18.0 Å². The number of rotatable bonds is 5. The number of anilines is 1. The van der Waals surface area contributed by atoms with Crippen LogP contribution in [0.2, 0.25) is 0 Å². The van der Waals surface area contributed by atoms with Crippen LogP contribution in [0.4, 0.5) is 9.80 Å². The van der Waals surface area contributed by atoms with Crippen LogP contribution < -0.4 is 5.32 Å². The third-order valence-electron chi connectivity index (χ3n) is 4.73. The minimum absolute atomic E-state index is 0.224. The van der Waals surface area contributed by atoms with Gasteiger partial charge in [0.05, 0.1) is 18.1 Å². The van der Waals surface area contributed by atoms with E-state index in [0.717, 1.165) is 10.4 Å². The Labute approximate surface area is 186 Å². The van der Waals surface area contributed by atoms with Crippen LogP contribution >= 0.6 is 11.3 Å². The lowest BCUT2D eigenvalue weighted by Crippen LogP contribution is -2.36. The fourth-order valence-corrected chi connectivity index (χ4v) is 4.32. The van der Waals surface area contributed by atoms with Crippen molar-refractivity contribution >= 4 is 34.3 Å². The number of ether oxygens (including phenoxy) is 2. The van der Waals surface area contributed by atoms with E-state index in [2.05, 4.69) is 5.32 Å². The third-order valence-corrected chi connectivity index (χ3v) is 5.83. The van der Waals surface area contributed by atoms with Crippen molar-refractivity contribution in [1.29, 1.82) is 0 Å². The smallest absolute Gasteiger partial charge is 0.410 e. The molecule has 3 rings (SSSR count). The highest BCUT2D eigenvalue weighted by atomic mass is 32.1. The number of carbonyl (C=O) groups excluding carboxylic acids is 3. The highest BCUT2D eigenvalue weighted by Gasteiger charge is 2.34. The summed E-state index contributed by atoms with van der Waals surface area (Å²) in [6, 6.07) is 11.4. The van der Waals surface area contributed by atoms with Crippen LogP contribution in [0.15, 0.2) is 36.4 Å². The molecule has 1 fully saturated rings. The first-order chi connectivity index (χ1) is 14.7. The van der Waals surface area contributed by atoms with Crippen molar-refractivity contribution in [1.82, 2.24) is 4.90 Å². The van der Waals surface area contributed by atoms with Gasteiger partial charge >= 0.3 is 12.1 Å². The summed E-state index contributed by atoms with van der Waals surface area (Å²) in [5.41, 5.74) is 0.702. The van der Waals surface area contributed by atoms with E-state index in [1.165, 1.54) is 11.3 Å². The summed E-state index contributed by atoms with van der Waals surface area (Å²) in [6.45, 7) is 8.15. The van der Waals surface area contributed by atoms with Crippen molar-refractivity contribution in [3.05, 3.63) is 42.0 Å². The van der Waals surface area contributed by atoms with E-state index in [0.29, 0.717) is 23.5 Å². The van der Waals surface area contributed by atoms with Crippen molar-refractivity contribution in [2.45, 2.75) is 39.7 Å². The minimum atomic E-state index is -0.587. The van der Waals surface area contributed by atoms with Crippen molar-refractivity contribution in [2.75, 3.05) is 25.0 Å². The second-order valence-corrected chi connectivity index (χ2v) is 9.39. The van der Waals surface area contributed by atoms with Crippen molar-refractivity contribution in [3.8, 4) is 10.4 Å². The summed E-state index contributed by atoms with van der Waals surface area (Å²) >= 11 is 1.33. The lowest BCUT2D eigenvalue weighted by atomic mass is 10.1. The maximum Gasteiger partial charge on any atom is 0.410 e. The van der Waals surface area contributed by atoms with E-state index in [-0.39, 0.29) is 25.0 Å². The lowest BCUT2D eigenvalue weighted by molar-refractivity contribution is -0.119. The molecule has 1 aromatic carbocycles. The molecule has 1 saturated heterocycles. The molecule has 0 radical (unpaired) electrons. The number of benzene rings is 1. The summed E-state index contributed by atoms with van der Waals surface area (Å²) in [5, 5.41) is 3.35. The average Bonchev–Trinajstić information content (AvgIpc) is 3.35. The highest BCUT2D eigenvalue weighted by molar-refractivity contribution is 7.20. The van der Waals surface area contributed by atoms with Gasteiger partial charge in [-0.2, -0.15) is 0 Å². The van der Waals surface area contributed by atoms with Crippen LogP contribution in [0.25, 0.3) is 10.4 Å². The zero-order valence-electron chi connectivity index (χ0n) is 18.3. The standard InChI is InChI=1S/C23H28N2O5S/c1-5-29-21(27)17-13-18(15-9-7-6-8-10-15)31-20(17)24-19(26)16-11-12-25(14-16)22(28)30-23(2,3)4/h6-10,13,16H,5,11-12,14H2,1-4H3,(H,24,26). The Hall–Kier alpha value is -2.87. The fraction of sp³-hybridized carbons (Fsp3) is 0.435. The van der Waals surface area contributed by atoms with Crippen LogP contribution in [0.3, 0.4) is 0 Å². The summed E-state index contributed by atoms with van der Waals surface area (Å²) < 4.78 is 10.6. The predicted octanol–water partition coefficient (Wildman–Crippen LogP) is 4.79. The minimum Gasteiger partial charge on any atom is -0.462 e. The van der Waals surface area contributed by atoms with Gasteiger partial charge in [0.15, 0.2) is 0 Å². The molecule has 31 heavy (non-hydrogen) atoms. The van der Waals surface area contributed by atoms with Crippen molar-refractivity contribution in [3.63, 3.8) is 0 Å². The van der Waals surface area contributed by atoms with Gasteiger partial charge < -0.3 is 19.7 Å². The second kappa shape index (κ2) is 9.51. The van der Waals surface area contributed by atoms with Gasteiger partial charge in [-0.25, -0.2) is 9.59 Å². The molecule has 2 aromatic rings. The fourth-order valence-electron chi connectivity index (χ4n) is 3.27. The molecule has 8 heteroatoms. The van der Waals surface area contributed by atoms with E-state index in [4.69, 9.17) is 9.47 Å². The summed E-state index contributed by atoms with van der Waals surface area (Å²) in [7, 11) is 0. The average molecular weight is 445 g/mol. The van der Waals surface area contributed by atoms with Gasteiger partial charge in [-0.05, 0) is 45.7 Å². The molecule has 166 valence electrons. The SMILES string of the molecule is CCOC(=O)c1cc(-c2ccccc2)sc1NC(=O)C1CCN(C(=O)OC(C)(C)C)C1. The van der Waals surface area contributed by atoms with E-state index >= 15 is 0 Å². The van der Waals surface area contributed by atoms with Gasteiger partial charge in [0.2, 0.25) is 5.91 Å². The molecule has 1 aliphatic heterocycles. The van der Waals surface area contributed by atoms with Gasteiger partial charge in [-0.15, -0.1) is 11.3 Å². The zero-order chi connectivity index (χ0) is 22.6. The molecule has 2 heterocycles. The quantitative estimate of drug-likeness (QED) is 0.671. The van der Waals surface area contributed by atoms with Crippen molar-refractivity contribution in [2.24, 2.45) is 5.92 Å². The van der Waals surface area contributed by atoms with Gasteiger partial charge in [0.1, 0.15) is 10.6 Å². The van der Waals surface area contributed by atoms with Crippen LogP contribution in [-0.4, -0.2) is 48.2 Å². The first kappa shape index (κ1) is 22.8. The molecule has 0 aliphatic carbocycles. The molecule has 1 unspecified atom stereocenters. The number of likely N-dealkylation sites (tertiary alicyclic amines) is 1. The number of nitrogens with zero attached hydrogens (tertiary/aromatic N) is 1. The highest BCUT2D eigenvalue weighted by Crippen LogP contribution is 2.36. The molecule has 1 aliphatic rings. The lowest BCUT2D eigenvalue weighted by Gasteiger charge is -2.24. The van der Waals surface area contributed by atoms with E-state index in [9.17, 15) is 14.4 Å². The number of hydrogen-bond acceptors (Lipinski definition) is 6. The zero-order valence-corrected chi connectivity index (χ0v) is 19.1. The van der Waals surface area contributed by atoms with Crippen LogP contribution in [0, 0.1) is 5.92 Å². The molecule has 0 bridgehead atoms. The Bertz CT molecular complexity index is 949. The topological polar surface area (TPSA) is 84.9 Å². The normalized spacial score (nSPS) is 16.1. The summed E-state index contributed by atoms with van der Waals surface area (Å²) in [5.74, 6) is -1.07. The predicted molar refractivity (Wildman–Crippen MR) is 120 cm³/mol. The molecular weight excluding hydrogens is 416 g/mol. The van der Waals surface area contributed by atoms with E-state index < -0.39 is 17.7 Å². The van der Waals surface area contributed by atoms with Crippen LogP contribution in [0.5, 0.6) is 0 Å². The van der Waals surface area contributed by atoms with E-state index in [1.54, 1.807) is 17.9 Å². The first-order valence-electron chi connectivity index (χ1n) is 10.3. The molecule has 7 nitrogen and oxygen atoms in total. The third kappa shape index (κ3) is 5.85.